The maximum atomic E-state index is 6.26. The molecule has 8 rings (SSSR count). The van der Waals surface area contributed by atoms with E-state index in [-0.39, 0.29) is 0 Å². The minimum Gasteiger partial charge on any atom is -0.454 e. The molecular formula is C37H24N2O. The van der Waals surface area contributed by atoms with Crippen LogP contribution in [-0.4, -0.2) is 4.98 Å². The van der Waals surface area contributed by atoms with Gasteiger partial charge in [-0.2, -0.15) is 0 Å². The van der Waals surface area contributed by atoms with Crippen LogP contribution < -0.4 is 4.90 Å². The lowest BCUT2D eigenvalue weighted by Gasteiger charge is -2.28. The van der Waals surface area contributed by atoms with Crippen LogP contribution in [0.2, 0.25) is 0 Å². The molecule has 6 aromatic carbocycles. The number of benzene rings is 6. The largest absolute Gasteiger partial charge is 0.454 e. The molecule has 0 unspecified atom stereocenters. The molecule has 0 saturated carbocycles. The summed E-state index contributed by atoms with van der Waals surface area (Å²) in [5.74, 6) is 0. The summed E-state index contributed by atoms with van der Waals surface area (Å²) >= 11 is 0. The molecule has 2 heterocycles. The lowest BCUT2D eigenvalue weighted by atomic mass is 9.98. The first-order valence-corrected chi connectivity index (χ1v) is 13.5. The van der Waals surface area contributed by atoms with Gasteiger partial charge in [0.1, 0.15) is 5.58 Å². The van der Waals surface area contributed by atoms with E-state index in [9.17, 15) is 0 Å². The quantitative estimate of drug-likeness (QED) is 0.220. The Morgan fingerprint density at radius 1 is 0.500 bits per heavy atom. The Bertz CT molecular complexity index is 2160. The zero-order valence-electron chi connectivity index (χ0n) is 21.7. The Hall–Kier alpha value is -5.41. The molecule has 0 saturated heterocycles. The molecule has 3 heteroatoms. The monoisotopic (exact) mass is 512 g/mol. The van der Waals surface area contributed by atoms with Crippen molar-refractivity contribution in [3.05, 3.63) is 146 Å². The van der Waals surface area contributed by atoms with Crippen molar-refractivity contribution in [2.45, 2.75) is 0 Å². The fourth-order valence-corrected chi connectivity index (χ4v) is 5.91. The SMILES string of the molecule is c1ccc(-c2ccc(N(c3cc4ccccc4c4ccccc34)c3cccc4oc5cnccc5c34)cc2)cc1. The topological polar surface area (TPSA) is 29.3 Å². The number of furan rings is 1. The summed E-state index contributed by atoms with van der Waals surface area (Å²) in [6.45, 7) is 0. The van der Waals surface area contributed by atoms with Crippen molar-refractivity contribution >= 4 is 60.5 Å². The van der Waals surface area contributed by atoms with Crippen molar-refractivity contribution in [2.75, 3.05) is 4.90 Å². The Morgan fingerprint density at radius 3 is 2.08 bits per heavy atom. The van der Waals surface area contributed by atoms with Gasteiger partial charge in [0.15, 0.2) is 5.58 Å². The van der Waals surface area contributed by atoms with Crippen LogP contribution >= 0.6 is 0 Å². The molecule has 0 spiro atoms. The van der Waals surface area contributed by atoms with E-state index in [0.29, 0.717) is 0 Å². The summed E-state index contributed by atoms with van der Waals surface area (Å²) in [7, 11) is 0. The van der Waals surface area contributed by atoms with Crippen molar-refractivity contribution in [3.8, 4) is 11.1 Å². The van der Waals surface area contributed by atoms with E-state index in [0.717, 1.165) is 39.0 Å². The summed E-state index contributed by atoms with van der Waals surface area (Å²) in [5.41, 5.74) is 7.28. The van der Waals surface area contributed by atoms with Gasteiger partial charge in [0, 0.05) is 22.7 Å². The number of rotatable bonds is 4. The van der Waals surface area contributed by atoms with Gasteiger partial charge in [-0.25, -0.2) is 0 Å². The number of aromatic nitrogens is 1. The molecule has 3 nitrogen and oxygen atoms in total. The first-order valence-electron chi connectivity index (χ1n) is 13.5. The maximum absolute atomic E-state index is 6.26. The summed E-state index contributed by atoms with van der Waals surface area (Å²) in [4.78, 5) is 6.68. The molecule has 0 aliphatic heterocycles. The van der Waals surface area contributed by atoms with Crippen LogP contribution in [0.1, 0.15) is 0 Å². The number of hydrogen-bond acceptors (Lipinski definition) is 3. The highest BCUT2D eigenvalue weighted by Gasteiger charge is 2.21. The standard InChI is InChI=1S/C37H24N2O/c1-2-9-25(10-3-1)26-17-19-28(20-18-26)39(33-15-8-16-35-37(33)32-21-22-38-24-36(32)40-35)34-23-27-11-4-5-12-29(27)30-13-6-7-14-31(30)34/h1-24H. The summed E-state index contributed by atoms with van der Waals surface area (Å²) < 4.78 is 6.26. The van der Waals surface area contributed by atoms with Crippen molar-refractivity contribution in [3.63, 3.8) is 0 Å². The first-order chi connectivity index (χ1) is 19.8. The highest BCUT2D eigenvalue weighted by molar-refractivity contribution is 6.18. The minimum atomic E-state index is 0.785. The summed E-state index contributed by atoms with van der Waals surface area (Å²) in [5, 5.41) is 7.01. The molecule has 0 atom stereocenters. The average molecular weight is 513 g/mol. The van der Waals surface area contributed by atoms with Crippen LogP contribution in [0, 0.1) is 0 Å². The molecular weight excluding hydrogens is 488 g/mol. The molecule has 8 aromatic rings. The Balaban J connectivity index is 1.45. The Labute approximate surface area is 231 Å². The van der Waals surface area contributed by atoms with Crippen molar-refractivity contribution in [1.82, 2.24) is 4.98 Å². The number of pyridine rings is 1. The molecule has 0 amide bonds. The lowest BCUT2D eigenvalue weighted by Crippen LogP contribution is -2.11. The van der Waals surface area contributed by atoms with E-state index in [4.69, 9.17) is 4.42 Å². The molecule has 2 aromatic heterocycles. The fraction of sp³-hybridized carbons (Fsp3) is 0. The second kappa shape index (κ2) is 9.11. The van der Waals surface area contributed by atoms with Gasteiger partial charge in [-0.3, -0.25) is 4.98 Å². The van der Waals surface area contributed by atoms with Gasteiger partial charge in [-0.15, -0.1) is 0 Å². The van der Waals surface area contributed by atoms with Gasteiger partial charge in [0.25, 0.3) is 0 Å². The highest BCUT2D eigenvalue weighted by atomic mass is 16.3. The zero-order valence-corrected chi connectivity index (χ0v) is 21.7. The fourth-order valence-electron chi connectivity index (χ4n) is 5.91. The van der Waals surface area contributed by atoms with Crippen molar-refractivity contribution in [2.24, 2.45) is 0 Å². The van der Waals surface area contributed by atoms with Gasteiger partial charge in [0.2, 0.25) is 0 Å². The van der Waals surface area contributed by atoms with Crippen LogP contribution in [0.5, 0.6) is 0 Å². The van der Waals surface area contributed by atoms with E-state index >= 15 is 0 Å². The number of fused-ring (bicyclic) bond motifs is 6. The predicted octanol–water partition coefficient (Wildman–Crippen LogP) is 10.4. The van der Waals surface area contributed by atoms with Crippen LogP contribution in [0.25, 0.3) is 54.6 Å². The molecule has 0 N–H and O–H groups in total. The molecule has 0 bridgehead atoms. The van der Waals surface area contributed by atoms with Gasteiger partial charge >= 0.3 is 0 Å². The summed E-state index contributed by atoms with van der Waals surface area (Å²) in [6, 6.07) is 47.3. The lowest BCUT2D eigenvalue weighted by molar-refractivity contribution is 0.667. The van der Waals surface area contributed by atoms with Crippen LogP contribution in [0.3, 0.4) is 0 Å². The van der Waals surface area contributed by atoms with E-state index in [1.54, 1.807) is 6.20 Å². The molecule has 0 aliphatic rings. The number of anilines is 3. The second-order valence-electron chi connectivity index (χ2n) is 10.0. The van der Waals surface area contributed by atoms with E-state index in [1.165, 1.54) is 32.7 Å². The third-order valence-electron chi connectivity index (χ3n) is 7.74. The van der Waals surface area contributed by atoms with Gasteiger partial charge in [0.05, 0.1) is 23.0 Å². The van der Waals surface area contributed by atoms with E-state index in [2.05, 4.69) is 131 Å². The number of hydrogen-bond donors (Lipinski definition) is 0. The predicted molar refractivity (Wildman–Crippen MR) is 167 cm³/mol. The van der Waals surface area contributed by atoms with Crippen LogP contribution in [0.4, 0.5) is 17.1 Å². The van der Waals surface area contributed by atoms with Crippen LogP contribution in [0.15, 0.2) is 150 Å². The third-order valence-corrected chi connectivity index (χ3v) is 7.74. The zero-order chi connectivity index (χ0) is 26.5. The number of nitrogens with zero attached hydrogens (tertiary/aromatic N) is 2. The Kier molecular flexibility index (Phi) is 5.14. The van der Waals surface area contributed by atoms with E-state index < -0.39 is 0 Å². The summed E-state index contributed by atoms with van der Waals surface area (Å²) in [6.07, 6.45) is 3.63. The smallest absolute Gasteiger partial charge is 0.153 e. The molecule has 0 radical (unpaired) electrons. The van der Waals surface area contributed by atoms with E-state index in [1.807, 2.05) is 18.3 Å². The molecule has 188 valence electrons. The van der Waals surface area contributed by atoms with Crippen molar-refractivity contribution < 1.29 is 4.42 Å². The first kappa shape index (κ1) is 22.6. The third kappa shape index (κ3) is 3.56. The van der Waals surface area contributed by atoms with Crippen molar-refractivity contribution in [1.29, 1.82) is 0 Å². The highest BCUT2D eigenvalue weighted by Crippen LogP contribution is 2.46. The van der Waals surface area contributed by atoms with Gasteiger partial charge in [-0.1, -0.05) is 97.1 Å². The normalized spacial score (nSPS) is 11.5. The average Bonchev–Trinajstić information content (AvgIpc) is 3.41. The van der Waals surface area contributed by atoms with Gasteiger partial charge < -0.3 is 9.32 Å². The second-order valence-corrected chi connectivity index (χ2v) is 10.0. The molecule has 0 fully saturated rings. The minimum absolute atomic E-state index is 0.785. The van der Waals surface area contributed by atoms with Gasteiger partial charge in [-0.05, 0) is 63.7 Å². The molecule has 0 aliphatic carbocycles. The Morgan fingerprint density at radius 2 is 1.23 bits per heavy atom. The molecule has 40 heavy (non-hydrogen) atoms. The van der Waals surface area contributed by atoms with Crippen LogP contribution in [-0.2, 0) is 0 Å². The maximum Gasteiger partial charge on any atom is 0.153 e.